The van der Waals surface area contributed by atoms with Gasteiger partial charge in [-0.25, -0.2) is 0 Å². The molecule has 0 saturated heterocycles. The molecule has 0 heterocycles. The van der Waals surface area contributed by atoms with Crippen LogP contribution in [0.15, 0.2) is 0 Å². The third-order valence-corrected chi connectivity index (χ3v) is 2.43. The van der Waals surface area contributed by atoms with Crippen molar-refractivity contribution in [2.24, 2.45) is 11.1 Å². The number of rotatable bonds is 2. The lowest BCUT2D eigenvalue weighted by molar-refractivity contribution is 0.468. The summed E-state index contributed by atoms with van der Waals surface area (Å²) in [6.07, 6.45) is 0. The van der Waals surface area contributed by atoms with Crippen molar-refractivity contribution in [2.45, 2.75) is 26.8 Å². The van der Waals surface area contributed by atoms with Gasteiger partial charge in [-0.3, -0.25) is 5.41 Å². The van der Waals surface area contributed by atoms with E-state index >= 15 is 0 Å². The van der Waals surface area contributed by atoms with Crippen molar-refractivity contribution in [3.63, 3.8) is 0 Å². The zero-order valence-electron chi connectivity index (χ0n) is 6.28. The van der Waals surface area contributed by atoms with E-state index in [2.05, 4.69) is 20.8 Å². The van der Waals surface area contributed by atoms with E-state index in [1.807, 2.05) is 0 Å². The average molecular weight is 142 g/mol. The van der Waals surface area contributed by atoms with Crippen molar-refractivity contribution < 1.29 is 0 Å². The second kappa shape index (κ2) is 3.01. The predicted octanol–water partition coefficient (Wildman–Crippen LogP) is 1.05. The number of nitrogens with two attached hydrogens (primary N) is 1. The molecule has 0 bridgehead atoms. The molecule has 0 aliphatic heterocycles. The number of hydrogen-bond donors (Lipinski definition) is 2. The van der Waals surface area contributed by atoms with Crippen LogP contribution < -0.4 is 5.73 Å². The molecule has 2 nitrogen and oxygen atoms in total. The molecule has 0 aliphatic carbocycles. The van der Waals surface area contributed by atoms with Gasteiger partial charge in [-0.15, -0.1) is 0 Å². The van der Waals surface area contributed by atoms with Gasteiger partial charge >= 0.3 is 0 Å². The lowest BCUT2D eigenvalue weighted by Crippen LogP contribution is -2.22. The molecule has 0 spiro atoms. The van der Waals surface area contributed by atoms with E-state index in [0.29, 0.717) is 20.4 Å². The molecule has 0 saturated carbocycles. The monoisotopic (exact) mass is 142 g/mol. The first-order chi connectivity index (χ1) is 3.92. The first-order valence-electron chi connectivity index (χ1n) is 3.00. The van der Waals surface area contributed by atoms with Gasteiger partial charge in [0.2, 0.25) is 0 Å². The van der Waals surface area contributed by atoms with Crippen LogP contribution in [0.3, 0.4) is 0 Å². The molecule has 0 aromatic heterocycles. The summed E-state index contributed by atoms with van der Waals surface area (Å²) in [4.78, 5) is 0. The molecule has 0 unspecified atom stereocenters. The zero-order chi connectivity index (χ0) is 7.49. The molecule has 0 aliphatic rings. The Morgan fingerprint density at radius 3 is 2.11 bits per heavy atom. The van der Waals surface area contributed by atoms with Crippen molar-refractivity contribution in [3.8, 4) is 0 Å². The SMILES string of the molecule is CC(C)(C)C[Si]C(=N)N. The normalized spacial score (nSPS) is 11.4. The molecular formula is C6H14N2Si. The Morgan fingerprint density at radius 2 is 2.00 bits per heavy atom. The van der Waals surface area contributed by atoms with Gasteiger partial charge in [0.25, 0.3) is 0 Å². The topological polar surface area (TPSA) is 49.9 Å². The molecule has 0 rings (SSSR count). The van der Waals surface area contributed by atoms with Crippen LogP contribution in [-0.2, 0) is 0 Å². The third-order valence-electron chi connectivity index (χ3n) is 0.809. The predicted molar refractivity (Wildman–Crippen MR) is 41.9 cm³/mol. The molecule has 2 radical (unpaired) electrons. The van der Waals surface area contributed by atoms with Gasteiger partial charge < -0.3 is 5.73 Å². The maximum atomic E-state index is 6.96. The van der Waals surface area contributed by atoms with Gasteiger partial charge in [-0.1, -0.05) is 20.8 Å². The van der Waals surface area contributed by atoms with Crippen LogP contribution in [0.1, 0.15) is 20.8 Å². The number of nitrogens with one attached hydrogen (secondary N) is 1. The summed E-state index contributed by atoms with van der Waals surface area (Å²) < 4.78 is 0. The molecule has 9 heavy (non-hydrogen) atoms. The maximum absolute atomic E-state index is 6.96. The Bertz CT molecular complexity index is 104. The fraction of sp³-hybridized carbons (Fsp3) is 0.833. The van der Waals surface area contributed by atoms with Crippen LogP contribution in [0.5, 0.6) is 0 Å². The highest BCUT2D eigenvalue weighted by molar-refractivity contribution is 6.73. The van der Waals surface area contributed by atoms with Crippen LogP contribution in [-0.4, -0.2) is 15.0 Å². The second-order valence-electron chi connectivity index (χ2n) is 3.33. The first-order valence-corrected chi connectivity index (χ1v) is 4.20. The van der Waals surface area contributed by atoms with E-state index in [4.69, 9.17) is 11.1 Å². The molecule has 3 heteroatoms. The molecule has 3 N–H and O–H groups in total. The van der Waals surface area contributed by atoms with E-state index in [1.165, 1.54) is 0 Å². The van der Waals surface area contributed by atoms with Crippen LogP contribution in [0.2, 0.25) is 6.04 Å². The number of hydrogen-bond acceptors (Lipinski definition) is 1. The van der Waals surface area contributed by atoms with Crippen molar-refractivity contribution in [2.75, 3.05) is 0 Å². The smallest absolute Gasteiger partial charge is 0.131 e. The minimum Gasteiger partial charge on any atom is -0.392 e. The lowest BCUT2D eigenvalue weighted by atomic mass is 10.0. The van der Waals surface area contributed by atoms with Gasteiger partial charge in [0.05, 0.1) is 5.46 Å². The van der Waals surface area contributed by atoms with Crippen LogP contribution in [0.4, 0.5) is 0 Å². The van der Waals surface area contributed by atoms with Gasteiger partial charge in [0.1, 0.15) is 9.52 Å². The van der Waals surface area contributed by atoms with Crippen LogP contribution >= 0.6 is 0 Å². The highest BCUT2D eigenvalue weighted by atomic mass is 28.2. The highest BCUT2D eigenvalue weighted by Crippen LogP contribution is 2.17. The summed E-state index contributed by atoms with van der Waals surface area (Å²) in [5, 5.41) is 6.96. The summed E-state index contributed by atoms with van der Waals surface area (Å²) in [6, 6.07) is 1.03. The van der Waals surface area contributed by atoms with Crippen molar-refractivity contribution in [1.82, 2.24) is 0 Å². The highest BCUT2D eigenvalue weighted by Gasteiger charge is 2.10. The quantitative estimate of drug-likeness (QED) is 0.338. The number of amidine groups is 1. The summed E-state index contributed by atoms with van der Waals surface area (Å²) >= 11 is 0. The Kier molecular flexibility index (Phi) is 2.90. The lowest BCUT2D eigenvalue weighted by Gasteiger charge is -2.15. The van der Waals surface area contributed by atoms with E-state index in [-0.39, 0.29) is 0 Å². The van der Waals surface area contributed by atoms with Crippen molar-refractivity contribution in [3.05, 3.63) is 0 Å². The Labute approximate surface area is 59.2 Å². The van der Waals surface area contributed by atoms with Gasteiger partial charge in [0.15, 0.2) is 0 Å². The molecule has 0 fully saturated rings. The third kappa shape index (κ3) is 7.69. The molecular weight excluding hydrogens is 128 g/mol. The largest absolute Gasteiger partial charge is 0.392 e. The van der Waals surface area contributed by atoms with E-state index in [0.717, 1.165) is 6.04 Å². The standard InChI is InChI=1S/C6H14N2Si/c1-6(2,3)4-9-5(7)8/h4H2,1-3H3,(H3,7,8). The summed E-state index contributed by atoms with van der Waals surface area (Å²) in [5.74, 6) is 0. The zero-order valence-corrected chi connectivity index (χ0v) is 7.28. The summed E-state index contributed by atoms with van der Waals surface area (Å²) in [6.45, 7) is 6.47. The Hall–Kier alpha value is -0.313. The van der Waals surface area contributed by atoms with Crippen molar-refractivity contribution in [1.29, 1.82) is 5.41 Å². The Balaban J connectivity index is 3.39. The summed E-state index contributed by atoms with van der Waals surface area (Å²) in [7, 11) is 0.501. The van der Waals surface area contributed by atoms with Gasteiger partial charge in [-0.2, -0.15) is 0 Å². The fourth-order valence-corrected chi connectivity index (χ4v) is 1.08. The second-order valence-corrected chi connectivity index (χ2v) is 4.57. The van der Waals surface area contributed by atoms with E-state index < -0.39 is 0 Å². The maximum Gasteiger partial charge on any atom is 0.131 e. The fourth-order valence-electron chi connectivity index (χ4n) is 0.360. The molecule has 0 atom stereocenters. The minimum absolute atomic E-state index is 0.324. The molecule has 0 aromatic rings. The van der Waals surface area contributed by atoms with E-state index in [9.17, 15) is 0 Å². The average Bonchev–Trinajstić information content (AvgIpc) is 1.59. The van der Waals surface area contributed by atoms with E-state index in [1.54, 1.807) is 0 Å². The van der Waals surface area contributed by atoms with Gasteiger partial charge in [0, 0.05) is 0 Å². The molecule has 52 valence electrons. The first kappa shape index (κ1) is 8.69. The van der Waals surface area contributed by atoms with Crippen LogP contribution in [0.25, 0.3) is 0 Å². The van der Waals surface area contributed by atoms with Crippen molar-refractivity contribution >= 4 is 15.0 Å². The Morgan fingerprint density at radius 1 is 1.56 bits per heavy atom. The minimum atomic E-state index is 0.324. The summed E-state index contributed by atoms with van der Waals surface area (Å²) in [5.41, 5.74) is 5.84. The van der Waals surface area contributed by atoms with Crippen LogP contribution in [0, 0.1) is 10.8 Å². The molecule has 0 aromatic carbocycles. The van der Waals surface area contributed by atoms with Gasteiger partial charge in [-0.05, 0) is 11.5 Å². The molecule has 0 amide bonds.